The molecule has 0 aliphatic carbocycles. The highest BCUT2D eigenvalue weighted by molar-refractivity contribution is 7.89. The first kappa shape index (κ1) is 14.7. The van der Waals surface area contributed by atoms with E-state index in [1.807, 2.05) is 30.3 Å². The first-order chi connectivity index (χ1) is 9.53. The summed E-state index contributed by atoms with van der Waals surface area (Å²) in [5.74, 6) is 0. The summed E-state index contributed by atoms with van der Waals surface area (Å²) in [5, 5.41) is 0. The van der Waals surface area contributed by atoms with Gasteiger partial charge in [0.25, 0.3) is 0 Å². The van der Waals surface area contributed by atoms with Crippen LogP contribution in [0.2, 0.25) is 0 Å². The predicted octanol–water partition coefficient (Wildman–Crippen LogP) is 1.84. The maximum atomic E-state index is 11.6. The van der Waals surface area contributed by atoms with Crippen LogP contribution in [-0.4, -0.2) is 15.5 Å². The first-order valence-electron chi connectivity index (χ1n) is 6.36. The van der Waals surface area contributed by atoms with Gasteiger partial charge in [-0.2, -0.15) is 0 Å². The Morgan fingerprint density at radius 2 is 1.65 bits per heavy atom. The Balaban J connectivity index is 2.12. The second kappa shape index (κ2) is 6.17. The van der Waals surface area contributed by atoms with Gasteiger partial charge in [0.15, 0.2) is 0 Å². The minimum Gasteiger partial charge on any atom is -0.324 e. The summed E-state index contributed by atoms with van der Waals surface area (Å²) in [5.41, 5.74) is 8.23. The fourth-order valence-corrected chi connectivity index (χ4v) is 2.72. The molecule has 2 aromatic rings. The van der Waals surface area contributed by atoms with Gasteiger partial charge in [0.05, 0.1) is 4.90 Å². The molecule has 106 valence electrons. The van der Waals surface area contributed by atoms with Gasteiger partial charge in [0, 0.05) is 6.04 Å². The van der Waals surface area contributed by atoms with Crippen molar-refractivity contribution < 1.29 is 8.42 Å². The van der Waals surface area contributed by atoms with Gasteiger partial charge >= 0.3 is 0 Å². The van der Waals surface area contributed by atoms with Crippen LogP contribution in [0.4, 0.5) is 0 Å². The van der Waals surface area contributed by atoms with Crippen LogP contribution in [0.25, 0.3) is 0 Å². The van der Waals surface area contributed by atoms with Crippen LogP contribution in [0.15, 0.2) is 59.5 Å². The standard InChI is InChI=1S/C15H18N2O2S/c1-17-20(18,19)14-9-7-12(8-10-14)11-15(16)13-5-3-2-4-6-13/h2-10,15,17H,11,16H2,1H3. The zero-order chi connectivity index (χ0) is 14.6. The van der Waals surface area contributed by atoms with Gasteiger partial charge in [-0.25, -0.2) is 13.1 Å². The third-order valence-corrected chi connectivity index (χ3v) is 4.62. The Labute approximate surface area is 119 Å². The summed E-state index contributed by atoms with van der Waals surface area (Å²) < 4.78 is 25.5. The lowest BCUT2D eigenvalue weighted by atomic mass is 10.00. The van der Waals surface area contributed by atoms with E-state index in [2.05, 4.69) is 4.72 Å². The van der Waals surface area contributed by atoms with Crippen molar-refractivity contribution in [3.05, 3.63) is 65.7 Å². The molecular weight excluding hydrogens is 272 g/mol. The molecule has 0 spiro atoms. The summed E-state index contributed by atoms with van der Waals surface area (Å²) in [6.07, 6.45) is 0.671. The van der Waals surface area contributed by atoms with Gasteiger partial charge in [-0.3, -0.25) is 0 Å². The third-order valence-electron chi connectivity index (χ3n) is 3.19. The Morgan fingerprint density at radius 3 is 2.20 bits per heavy atom. The van der Waals surface area contributed by atoms with Crippen molar-refractivity contribution >= 4 is 10.0 Å². The number of nitrogens with two attached hydrogens (primary N) is 1. The number of hydrogen-bond acceptors (Lipinski definition) is 3. The van der Waals surface area contributed by atoms with E-state index >= 15 is 0 Å². The summed E-state index contributed by atoms with van der Waals surface area (Å²) in [4.78, 5) is 0.261. The molecule has 0 fully saturated rings. The van der Waals surface area contributed by atoms with E-state index in [4.69, 9.17) is 5.73 Å². The summed E-state index contributed by atoms with van der Waals surface area (Å²) in [7, 11) is -1.98. The molecule has 0 radical (unpaired) electrons. The second-order valence-corrected chi connectivity index (χ2v) is 6.46. The average molecular weight is 290 g/mol. The molecule has 0 saturated carbocycles. The first-order valence-corrected chi connectivity index (χ1v) is 7.84. The highest BCUT2D eigenvalue weighted by atomic mass is 32.2. The molecule has 0 aliphatic rings. The summed E-state index contributed by atoms with van der Waals surface area (Å²) in [6, 6.07) is 16.5. The zero-order valence-electron chi connectivity index (χ0n) is 11.3. The quantitative estimate of drug-likeness (QED) is 0.882. The molecule has 2 rings (SSSR count). The lowest BCUT2D eigenvalue weighted by molar-refractivity contribution is 0.588. The number of nitrogens with one attached hydrogen (secondary N) is 1. The molecule has 0 heterocycles. The lowest BCUT2D eigenvalue weighted by Gasteiger charge is -2.12. The normalized spacial score (nSPS) is 13.1. The van der Waals surface area contributed by atoms with E-state index < -0.39 is 10.0 Å². The lowest BCUT2D eigenvalue weighted by Crippen LogP contribution is -2.18. The largest absolute Gasteiger partial charge is 0.324 e. The molecule has 4 nitrogen and oxygen atoms in total. The van der Waals surface area contributed by atoms with Crippen LogP contribution in [0.5, 0.6) is 0 Å². The molecule has 20 heavy (non-hydrogen) atoms. The van der Waals surface area contributed by atoms with E-state index in [9.17, 15) is 8.42 Å². The summed E-state index contributed by atoms with van der Waals surface area (Å²) >= 11 is 0. The minimum absolute atomic E-state index is 0.0945. The number of sulfonamides is 1. The van der Waals surface area contributed by atoms with Gasteiger partial charge in [0.1, 0.15) is 0 Å². The molecule has 0 aliphatic heterocycles. The van der Waals surface area contributed by atoms with Crippen molar-refractivity contribution in [1.82, 2.24) is 4.72 Å². The van der Waals surface area contributed by atoms with Gasteiger partial charge < -0.3 is 5.73 Å². The molecule has 3 N–H and O–H groups in total. The zero-order valence-corrected chi connectivity index (χ0v) is 12.1. The summed E-state index contributed by atoms with van der Waals surface area (Å²) in [6.45, 7) is 0. The average Bonchev–Trinajstić information content (AvgIpc) is 2.48. The molecule has 2 aromatic carbocycles. The molecule has 0 aromatic heterocycles. The van der Waals surface area contributed by atoms with Crippen molar-refractivity contribution in [2.45, 2.75) is 17.4 Å². The molecule has 0 saturated heterocycles. The maximum Gasteiger partial charge on any atom is 0.240 e. The van der Waals surface area contributed by atoms with Crippen LogP contribution in [0.1, 0.15) is 17.2 Å². The Kier molecular flexibility index (Phi) is 4.54. The monoisotopic (exact) mass is 290 g/mol. The van der Waals surface area contributed by atoms with Gasteiger partial charge in [-0.05, 0) is 36.7 Å². The fraction of sp³-hybridized carbons (Fsp3) is 0.200. The SMILES string of the molecule is CNS(=O)(=O)c1ccc(CC(N)c2ccccc2)cc1. The van der Waals surface area contributed by atoms with E-state index in [1.54, 1.807) is 24.3 Å². The third kappa shape index (κ3) is 3.45. The van der Waals surface area contributed by atoms with E-state index in [0.717, 1.165) is 11.1 Å². The molecule has 5 heteroatoms. The van der Waals surface area contributed by atoms with Gasteiger partial charge in [-0.15, -0.1) is 0 Å². The molecular formula is C15H18N2O2S. The van der Waals surface area contributed by atoms with Crippen molar-refractivity contribution in [3.63, 3.8) is 0 Å². The maximum absolute atomic E-state index is 11.6. The van der Waals surface area contributed by atoms with Crippen molar-refractivity contribution in [3.8, 4) is 0 Å². The van der Waals surface area contributed by atoms with Crippen molar-refractivity contribution in [2.24, 2.45) is 5.73 Å². The number of hydrogen-bond donors (Lipinski definition) is 2. The van der Waals surface area contributed by atoms with Crippen molar-refractivity contribution in [1.29, 1.82) is 0 Å². The highest BCUT2D eigenvalue weighted by Crippen LogP contribution is 2.17. The second-order valence-electron chi connectivity index (χ2n) is 4.57. The smallest absolute Gasteiger partial charge is 0.240 e. The number of benzene rings is 2. The minimum atomic E-state index is -3.38. The van der Waals surface area contributed by atoms with E-state index in [0.29, 0.717) is 6.42 Å². The molecule has 1 unspecified atom stereocenters. The van der Waals surface area contributed by atoms with Crippen LogP contribution in [0.3, 0.4) is 0 Å². The Bertz CT molecular complexity index is 652. The van der Waals surface area contributed by atoms with E-state index in [1.165, 1.54) is 7.05 Å². The van der Waals surface area contributed by atoms with Crippen LogP contribution < -0.4 is 10.5 Å². The fourth-order valence-electron chi connectivity index (χ4n) is 1.99. The molecule has 1 atom stereocenters. The number of rotatable bonds is 5. The van der Waals surface area contributed by atoms with Crippen LogP contribution >= 0.6 is 0 Å². The Hall–Kier alpha value is -1.69. The van der Waals surface area contributed by atoms with Crippen LogP contribution in [-0.2, 0) is 16.4 Å². The molecule has 0 amide bonds. The highest BCUT2D eigenvalue weighted by Gasteiger charge is 2.11. The molecule has 0 bridgehead atoms. The van der Waals surface area contributed by atoms with E-state index in [-0.39, 0.29) is 10.9 Å². The Morgan fingerprint density at radius 1 is 1.05 bits per heavy atom. The predicted molar refractivity (Wildman–Crippen MR) is 79.8 cm³/mol. The van der Waals surface area contributed by atoms with Gasteiger partial charge in [0.2, 0.25) is 10.0 Å². The van der Waals surface area contributed by atoms with Crippen LogP contribution in [0, 0.1) is 0 Å². The van der Waals surface area contributed by atoms with Crippen molar-refractivity contribution in [2.75, 3.05) is 7.05 Å². The van der Waals surface area contributed by atoms with Gasteiger partial charge in [-0.1, -0.05) is 42.5 Å². The topological polar surface area (TPSA) is 72.2 Å².